The van der Waals surface area contributed by atoms with E-state index in [1.807, 2.05) is 0 Å². The lowest BCUT2D eigenvalue weighted by Crippen LogP contribution is -2.37. The molecule has 1 N–H and O–H groups in total. The van der Waals surface area contributed by atoms with Crippen LogP contribution in [0, 0.1) is 11.3 Å². The fourth-order valence-electron chi connectivity index (χ4n) is 3.08. The predicted octanol–water partition coefficient (Wildman–Crippen LogP) is 4.65. The average molecular weight is 266 g/mol. The van der Waals surface area contributed by atoms with E-state index in [1.54, 1.807) is 11.3 Å². The third-order valence-electron chi connectivity index (χ3n) is 4.56. The van der Waals surface area contributed by atoms with E-state index < -0.39 is 5.60 Å². The summed E-state index contributed by atoms with van der Waals surface area (Å²) in [7, 11) is 0. The first-order chi connectivity index (χ1) is 8.39. The monoisotopic (exact) mass is 266 g/mol. The van der Waals surface area contributed by atoms with Crippen LogP contribution < -0.4 is 0 Å². The zero-order valence-corrected chi connectivity index (χ0v) is 12.7. The maximum atomic E-state index is 10.7. The fraction of sp³-hybridized carbons (Fsp3) is 0.750. The number of aliphatic hydroxyl groups is 1. The van der Waals surface area contributed by atoms with Crippen LogP contribution in [-0.2, 0) is 6.42 Å². The van der Waals surface area contributed by atoms with Gasteiger partial charge in [-0.15, -0.1) is 11.3 Å². The molecule has 0 atom stereocenters. The first-order valence-corrected chi connectivity index (χ1v) is 8.02. The van der Waals surface area contributed by atoms with Gasteiger partial charge in [-0.25, -0.2) is 0 Å². The normalized spacial score (nSPS) is 29.4. The summed E-state index contributed by atoms with van der Waals surface area (Å²) in [6, 6.07) is 4.27. The maximum Gasteiger partial charge on any atom is 0.0651 e. The topological polar surface area (TPSA) is 20.2 Å². The molecule has 0 unspecified atom stereocenters. The zero-order valence-electron chi connectivity index (χ0n) is 11.9. The smallest absolute Gasteiger partial charge is 0.0651 e. The Morgan fingerprint density at radius 1 is 1.33 bits per heavy atom. The molecule has 0 bridgehead atoms. The van der Waals surface area contributed by atoms with Gasteiger partial charge >= 0.3 is 0 Å². The van der Waals surface area contributed by atoms with E-state index in [1.165, 1.54) is 17.7 Å². The Morgan fingerprint density at radius 2 is 2.00 bits per heavy atom. The molecule has 1 aromatic heterocycles. The van der Waals surface area contributed by atoms with Gasteiger partial charge in [-0.3, -0.25) is 0 Å². The lowest BCUT2D eigenvalue weighted by molar-refractivity contribution is -0.0308. The van der Waals surface area contributed by atoms with Crippen molar-refractivity contribution in [2.24, 2.45) is 11.3 Å². The van der Waals surface area contributed by atoms with Gasteiger partial charge in [-0.05, 0) is 61.3 Å². The maximum absolute atomic E-state index is 10.7. The third kappa shape index (κ3) is 3.58. The van der Waals surface area contributed by atoms with Gasteiger partial charge in [-0.2, -0.15) is 0 Å². The summed E-state index contributed by atoms with van der Waals surface area (Å²) in [5, 5.41) is 12.8. The Balaban J connectivity index is 1.83. The van der Waals surface area contributed by atoms with Crippen molar-refractivity contribution in [2.75, 3.05) is 0 Å². The summed E-state index contributed by atoms with van der Waals surface area (Å²) in [5.41, 5.74) is 0.000816. The summed E-state index contributed by atoms with van der Waals surface area (Å²) in [5.74, 6) is 0.777. The highest BCUT2D eigenvalue weighted by Gasteiger charge is 2.36. The molecule has 1 saturated carbocycles. The molecule has 1 nitrogen and oxygen atoms in total. The molecule has 1 aromatic rings. The van der Waals surface area contributed by atoms with Crippen LogP contribution in [0.4, 0.5) is 0 Å². The van der Waals surface area contributed by atoms with Gasteiger partial charge in [0.05, 0.1) is 5.60 Å². The van der Waals surface area contributed by atoms with Crippen LogP contribution in [0.5, 0.6) is 0 Å². The van der Waals surface area contributed by atoms with Crippen LogP contribution in [0.2, 0.25) is 0 Å². The third-order valence-corrected chi connectivity index (χ3v) is 5.49. The highest BCUT2D eigenvalue weighted by Crippen LogP contribution is 2.42. The minimum atomic E-state index is -0.397. The fourth-order valence-corrected chi connectivity index (χ4v) is 3.79. The van der Waals surface area contributed by atoms with Crippen LogP contribution in [0.1, 0.15) is 57.8 Å². The molecule has 102 valence electrons. The summed E-state index contributed by atoms with van der Waals surface area (Å²) in [6.07, 6.45) is 6.31. The van der Waals surface area contributed by atoms with Crippen LogP contribution in [-0.4, -0.2) is 10.7 Å². The number of rotatable bonds is 3. The Hall–Kier alpha value is -0.340. The lowest BCUT2D eigenvalue weighted by atomic mass is 9.67. The van der Waals surface area contributed by atoms with Crippen LogP contribution in [0.15, 0.2) is 17.5 Å². The van der Waals surface area contributed by atoms with E-state index in [2.05, 4.69) is 38.3 Å². The molecule has 1 heterocycles. The highest BCUT2D eigenvalue weighted by atomic mass is 32.1. The summed E-state index contributed by atoms with van der Waals surface area (Å²) < 4.78 is 0. The number of hydrogen-bond acceptors (Lipinski definition) is 2. The van der Waals surface area contributed by atoms with E-state index in [-0.39, 0.29) is 0 Å². The second-order valence-electron chi connectivity index (χ2n) is 6.94. The molecular formula is C16H26OS. The average Bonchev–Trinajstić information content (AvgIpc) is 2.79. The quantitative estimate of drug-likeness (QED) is 0.844. The van der Waals surface area contributed by atoms with Crippen molar-refractivity contribution >= 4 is 11.3 Å². The Labute approximate surface area is 115 Å². The van der Waals surface area contributed by atoms with Gasteiger partial charge in [0.1, 0.15) is 0 Å². The summed E-state index contributed by atoms with van der Waals surface area (Å²) in [4.78, 5) is 1.40. The second kappa shape index (κ2) is 5.34. The lowest BCUT2D eigenvalue weighted by Gasteiger charge is -2.41. The Bertz CT molecular complexity index is 353. The van der Waals surface area contributed by atoms with Crippen molar-refractivity contribution in [3.63, 3.8) is 0 Å². The first kappa shape index (κ1) is 14.1. The molecule has 1 fully saturated rings. The minimum Gasteiger partial charge on any atom is -0.390 e. The van der Waals surface area contributed by atoms with Gasteiger partial charge in [0, 0.05) is 4.88 Å². The molecule has 0 spiro atoms. The Kier molecular flexibility index (Phi) is 4.18. The van der Waals surface area contributed by atoms with Crippen molar-refractivity contribution in [2.45, 2.75) is 64.9 Å². The predicted molar refractivity (Wildman–Crippen MR) is 79.0 cm³/mol. The van der Waals surface area contributed by atoms with Crippen molar-refractivity contribution in [3.05, 3.63) is 22.4 Å². The van der Waals surface area contributed by atoms with Gasteiger partial charge < -0.3 is 5.11 Å². The molecule has 0 amide bonds. The molecule has 1 aliphatic carbocycles. The van der Waals surface area contributed by atoms with Crippen molar-refractivity contribution in [3.8, 4) is 0 Å². The SMILES string of the molecule is CC(C)(C)C1CCC(O)(CCc2cccs2)CC1. The van der Waals surface area contributed by atoms with Crippen LogP contribution in [0.3, 0.4) is 0 Å². The van der Waals surface area contributed by atoms with E-state index in [0.29, 0.717) is 5.41 Å². The van der Waals surface area contributed by atoms with Crippen molar-refractivity contribution < 1.29 is 5.11 Å². The summed E-state index contributed by atoms with van der Waals surface area (Å²) >= 11 is 1.80. The largest absolute Gasteiger partial charge is 0.390 e. The van der Waals surface area contributed by atoms with Crippen LogP contribution >= 0.6 is 11.3 Å². The van der Waals surface area contributed by atoms with E-state index in [0.717, 1.165) is 31.6 Å². The first-order valence-electron chi connectivity index (χ1n) is 7.14. The van der Waals surface area contributed by atoms with Gasteiger partial charge in [0.25, 0.3) is 0 Å². The zero-order chi connectivity index (χ0) is 13.2. The molecule has 2 heteroatoms. The van der Waals surface area contributed by atoms with E-state index in [4.69, 9.17) is 0 Å². The number of hydrogen-bond donors (Lipinski definition) is 1. The highest BCUT2D eigenvalue weighted by molar-refractivity contribution is 7.09. The minimum absolute atomic E-state index is 0.397. The van der Waals surface area contributed by atoms with E-state index in [9.17, 15) is 5.11 Å². The molecule has 2 rings (SSSR count). The van der Waals surface area contributed by atoms with E-state index >= 15 is 0 Å². The molecule has 18 heavy (non-hydrogen) atoms. The molecule has 0 radical (unpaired) electrons. The molecule has 0 aliphatic heterocycles. The standard InChI is InChI=1S/C16H26OS/c1-15(2,3)13-6-9-16(17,10-7-13)11-8-14-5-4-12-18-14/h4-5,12-13,17H,6-11H2,1-3H3. The van der Waals surface area contributed by atoms with Gasteiger partial charge in [0.15, 0.2) is 0 Å². The van der Waals surface area contributed by atoms with Crippen LogP contribution in [0.25, 0.3) is 0 Å². The van der Waals surface area contributed by atoms with Gasteiger partial charge in [0.2, 0.25) is 0 Å². The molecule has 0 saturated heterocycles. The summed E-state index contributed by atoms with van der Waals surface area (Å²) in [6.45, 7) is 6.98. The Morgan fingerprint density at radius 3 is 2.50 bits per heavy atom. The van der Waals surface area contributed by atoms with Crippen molar-refractivity contribution in [1.29, 1.82) is 0 Å². The number of thiophene rings is 1. The van der Waals surface area contributed by atoms with Crippen molar-refractivity contribution in [1.82, 2.24) is 0 Å². The molecule has 1 aliphatic rings. The molecular weight excluding hydrogens is 240 g/mol. The molecule has 0 aromatic carbocycles. The number of aryl methyl sites for hydroxylation is 1. The van der Waals surface area contributed by atoms with Gasteiger partial charge in [-0.1, -0.05) is 26.8 Å². The second-order valence-corrected chi connectivity index (χ2v) is 7.98.